The van der Waals surface area contributed by atoms with Gasteiger partial charge in [0, 0.05) is 11.4 Å². The van der Waals surface area contributed by atoms with Crippen LogP contribution < -0.4 is 4.72 Å². The van der Waals surface area contributed by atoms with E-state index in [1.54, 1.807) is 11.9 Å². The van der Waals surface area contributed by atoms with Gasteiger partial charge in [0.15, 0.2) is 0 Å². The molecule has 0 spiro atoms. The molecule has 0 bridgehead atoms. The summed E-state index contributed by atoms with van der Waals surface area (Å²) < 4.78 is 3.19. The fourth-order valence-corrected chi connectivity index (χ4v) is 1.71. The van der Waals surface area contributed by atoms with Gasteiger partial charge < -0.3 is 0 Å². The lowest BCUT2D eigenvalue weighted by Gasteiger charge is -1.92. The number of nitrogens with one attached hydrogen (secondary N) is 1. The van der Waals surface area contributed by atoms with Gasteiger partial charge in [0.05, 0.1) is 0 Å². The third-order valence-electron chi connectivity index (χ3n) is 1.38. The second kappa shape index (κ2) is 3.64. The van der Waals surface area contributed by atoms with Crippen molar-refractivity contribution in [1.82, 2.24) is 4.72 Å². The Morgan fingerprint density at radius 1 is 1.70 bits per heavy atom. The monoisotopic (exact) mass is 153 g/mol. The molecule has 1 saturated heterocycles. The van der Waals surface area contributed by atoms with Crippen molar-refractivity contribution in [3.8, 4) is 0 Å². The van der Waals surface area contributed by atoms with Gasteiger partial charge in [0.1, 0.15) is 0 Å². The van der Waals surface area contributed by atoms with Crippen LogP contribution in [0.25, 0.3) is 0 Å². The van der Waals surface area contributed by atoms with Crippen molar-refractivity contribution in [2.24, 2.45) is 0 Å². The zero-order valence-electron chi connectivity index (χ0n) is 6.05. The lowest BCUT2D eigenvalue weighted by Crippen LogP contribution is -1.95. The van der Waals surface area contributed by atoms with Crippen molar-refractivity contribution >= 4 is 11.9 Å². The highest BCUT2D eigenvalue weighted by molar-refractivity contribution is 8.01. The van der Waals surface area contributed by atoms with Gasteiger partial charge in [0.2, 0.25) is 0 Å². The number of allylic oxidation sites excluding steroid dienone is 3. The maximum atomic E-state index is 3.65. The number of rotatable bonds is 1. The van der Waals surface area contributed by atoms with Crippen molar-refractivity contribution in [1.29, 1.82) is 0 Å². The zero-order valence-corrected chi connectivity index (χ0v) is 6.87. The molecule has 0 unspecified atom stereocenters. The van der Waals surface area contributed by atoms with E-state index in [4.69, 9.17) is 0 Å². The number of hydrogen-bond donors (Lipinski definition) is 1. The molecule has 0 aromatic heterocycles. The van der Waals surface area contributed by atoms with Gasteiger partial charge in [-0.15, -0.1) is 0 Å². The lowest BCUT2D eigenvalue weighted by molar-refractivity contribution is 1.11. The van der Waals surface area contributed by atoms with Gasteiger partial charge in [-0.3, -0.25) is 4.72 Å². The van der Waals surface area contributed by atoms with Crippen molar-refractivity contribution in [2.45, 2.75) is 6.92 Å². The first-order valence-corrected chi connectivity index (χ1v) is 4.08. The largest absolute Gasteiger partial charge is 0.255 e. The summed E-state index contributed by atoms with van der Waals surface area (Å²) >= 11 is 1.67. The molecular formula is C8H11NS. The van der Waals surface area contributed by atoms with Crippen LogP contribution in [-0.2, 0) is 0 Å². The molecule has 0 atom stereocenters. The second-order valence-electron chi connectivity index (χ2n) is 2.00. The molecule has 1 fully saturated rings. The van der Waals surface area contributed by atoms with Gasteiger partial charge in [0.25, 0.3) is 0 Å². The highest BCUT2D eigenvalue weighted by Crippen LogP contribution is 2.27. The smallest absolute Gasteiger partial charge is 0.0321 e. The summed E-state index contributed by atoms with van der Waals surface area (Å²) in [4.78, 5) is 1.29. The molecule has 0 amide bonds. The molecule has 1 aliphatic heterocycles. The number of hydrogen-bond acceptors (Lipinski definition) is 2. The minimum atomic E-state index is 0.973. The molecule has 10 heavy (non-hydrogen) atoms. The quantitative estimate of drug-likeness (QED) is 0.580. The van der Waals surface area contributed by atoms with Gasteiger partial charge in [-0.05, 0) is 30.5 Å². The third kappa shape index (κ3) is 1.52. The van der Waals surface area contributed by atoms with Crippen LogP contribution in [0, 0.1) is 0 Å². The van der Waals surface area contributed by atoms with Gasteiger partial charge in [-0.2, -0.15) is 0 Å². The molecule has 1 N–H and O–H groups in total. The van der Waals surface area contributed by atoms with Crippen LogP contribution in [-0.4, -0.2) is 6.54 Å². The maximum absolute atomic E-state index is 3.65. The van der Waals surface area contributed by atoms with Crippen molar-refractivity contribution < 1.29 is 0 Å². The summed E-state index contributed by atoms with van der Waals surface area (Å²) in [7, 11) is 0. The van der Waals surface area contributed by atoms with Crippen LogP contribution >= 0.6 is 11.9 Å². The Kier molecular flexibility index (Phi) is 2.78. The predicted molar refractivity (Wildman–Crippen MR) is 47.6 cm³/mol. The van der Waals surface area contributed by atoms with Crippen LogP contribution in [0.2, 0.25) is 0 Å². The van der Waals surface area contributed by atoms with E-state index in [1.165, 1.54) is 10.5 Å². The normalized spacial score (nSPS) is 26.1. The molecule has 1 aliphatic rings. The summed E-state index contributed by atoms with van der Waals surface area (Å²) in [6.45, 7) is 6.68. The summed E-state index contributed by atoms with van der Waals surface area (Å²) in [6, 6.07) is 0. The Balaban J connectivity index is 2.77. The predicted octanol–water partition coefficient (Wildman–Crippen LogP) is 2.25. The molecule has 2 heteroatoms. The summed E-state index contributed by atoms with van der Waals surface area (Å²) in [5, 5.41) is 0. The van der Waals surface area contributed by atoms with Crippen LogP contribution in [0.3, 0.4) is 0 Å². The summed E-state index contributed by atoms with van der Waals surface area (Å²) in [6.07, 6.45) is 5.97. The first-order valence-electron chi connectivity index (χ1n) is 3.26. The molecule has 1 heterocycles. The molecule has 0 aliphatic carbocycles. The van der Waals surface area contributed by atoms with Crippen LogP contribution in [0.4, 0.5) is 0 Å². The molecule has 0 aromatic rings. The van der Waals surface area contributed by atoms with E-state index in [0.717, 1.165) is 6.54 Å². The molecule has 0 radical (unpaired) electrons. The molecule has 0 saturated carbocycles. The van der Waals surface area contributed by atoms with Crippen LogP contribution in [0.1, 0.15) is 6.92 Å². The maximum Gasteiger partial charge on any atom is 0.0321 e. The van der Waals surface area contributed by atoms with E-state index in [0.29, 0.717) is 0 Å². The van der Waals surface area contributed by atoms with E-state index >= 15 is 0 Å². The fraction of sp³-hybridized carbons (Fsp3) is 0.250. The van der Waals surface area contributed by atoms with E-state index in [2.05, 4.69) is 24.3 Å². The highest BCUT2D eigenvalue weighted by atomic mass is 32.2. The third-order valence-corrected chi connectivity index (χ3v) is 2.29. The molecular weight excluding hydrogens is 142 g/mol. The Bertz CT molecular complexity index is 191. The average Bonchev–Trinajstić information content (AvgIpc) is 2.36. The summed E-state index contributed by atoms with van der Waals surface area (Å²) in [5.74, 6) is 0. The standard InChI is InChI=1S/C8H11NS/c1-3-5-8-7(4-2)6-9-10-8/h3-5,9H,1,6H2,2H3/b7-4-,8-5+. The van der Waals surface area contributed by atoms with Gasteiger partial charge in [-0.25, -0.2) is 0 Å². The SMILES string of the molecule is C=C/C=C1/SNC/C1=C/C. The van der Waals surface area contributed by atoms with Crippen molar-refractivity contribution in [2.75, 3.05) is 6.54 Å². The second-order valence-corrected chi connectivity index (χ2v) is 2.94. The first kappa shape index (κ1) is 7.63. The highest BCUT2D eigenvalue weighted by Gasteiger charge is 2.10. The average molecular weight is 153 g/mol. The molecule has 54 valence electrons. The van der Waals surface area contributed by atoms with E-state index < -0.39 is 0 Å². The Morgan fingerprint density at radius 2 is 2.50 bits per heavy atom. The Labute approximate surface area is 66.0 Å². The Hall–Kier alpha value is -0.470. The van der Waals surface area contributed by atoms with Crippen molar-refractivity contribution in [3.05, 3.63) is 35.3 Å². The minimum Gasteiger partial charge on any atom is -0.255 e. The van der Waals surface area contributed by atoms with E-state index in [9.17, 15) is 0 Å². The van der Waals surface area contributed by atoms with Crippen LogP contribution in [0.15, 0.2) is 35.3 Å². The Morgan fingerprint density at radius 3 is 3.10 bits per heavy atom. The van der Waals surface area contributed by atoms with Gasteiger partial charge >= 0.3 is 0 Å². The first-order chi connectivity index (χ1) is 4.88. The lowest BCUT2D eigenvalue weighted by atomic mass is 10.2. The topological polar surface area (TPSA) is 12.0 Å². The van der Waals surface area contributed by atoms with Crippen LogP contribution in [0.5, 0.6) is 0 Å². The summed E-state index contributed by atoms with van der Waals surface area (Å²) in [5.41, 5.74) is 1.37. The van der Waals surface area contributed by atoms with Crippen molar-refractivity contribution in [3.63, 3.8) is 0 Å². The van der Waals surface area contributed by atoms with Gasteiger partial charge in [-0.1, -0.05) is 18.7 Å². The molecule has 0 aromatic carbocycles. The van der Waals surface area contributed by atoms with E-state index in [-0.39, 0.29) is 0 Å². The van der Waals surface area contributed by atoms with E-state index in [1.807, 2.05) is 12.2 Å². The molecule has 1 rings (SSSR count). The fourth-order valence-electron chi connectivity index (χ4n) is 0.837. The minimum absolute atomic E-state index is 0.973. The zero-order chi connectivity index (χ0) is 7.40. The molecule has 1 nitrogen and oxygen atoms in total.